The Morgan fingerprint density at radius 1 is 1.64 bits per heavy atom. The second kappa shape index (κ2) is 4.13. The van der Waals surface area contributed by atoms with Crippen LogP contribution in [0.2, 0.25) is 0 Å². The summed E-state index contributed by atoms with van der Waals surface area (Å²) in [4.78, 5) is 4.18. The van der Waals surface area contributed by atoms with Crippen LogP contribution in [0.25, 0.3) is 0 Å². The second-order valence-electron chi connectivity index (χ2n) is 2.46. The summed E-state index contributed by atoms with van der Waals surface area (Å²) in [6.45, 7) is 3.29. The number of aliphatic hydroxyl groups excluding tert-OH is 1. The average molecular weight is 154 g/mol. The summed E-state index contributed by atoms with van der Waals surface area (Å²) in [5, 5.41) is 8.59. The minimum absolute atomic E-state index is 0.247. The molecule has 3 heteroatoms. The van der Waals surface area contributed by atoms with Gasteiger partial charge in [-0.3, -0.25) is 0 Å². The van der Waals surface area contributed by atoms with Crippen LogP contribution in [0, 0.1) is 0 Å². The fourth-order valence-electron chi connectivity index (χ4n) is 1.09. The summed E-state index contributed by atoms with van der Waals surface area (Å²) >= 11 is 0. The zero-order chi connectivity index (χ0) is 8.10. The number of aliphatic hydroxyl groups is 1. The van der Waals surface area contributed by atoms with Gasteiger partial charge in [0.15, 0.2) is 0 Å². The molecule has 0 saturated heterocycles. The Kier molecular flexibility index (Phi) is 3.11. The van der Waals surface area contributed by atoms with Crippen LogP contribution in [0.4, 0.5) is 0 Å². The molecule has 0 aliphatic carbocycles. The first-order chi connectivity index (χ1) is 5.38. The normalized spacial score (nSPS) is 10.4. The van der Waals surface area contributed by atoms with Crippen LogP contribution in [-0.4, -0.2) is 21.3 Å². The van der Waals surface area contributed by atoms with E-state index in [0.29, 0.717) is 0 Å². The van der Waals surface area contributed by atoms with Crippen molar-refractivity contribution in [3.8, 4) is 0 Å². The number of aryl methyl sites for hydroxylation is 2. The highest BCUT2D eigenvalue weighted by Crippen LogP contribution is 2.00. The summed E-state index contributed by atoms with van der Waals surface area (Å²) in [7, 11) is 0. The van der Waals surface area contributed by atoms with Crippen molar-refractivity contribution in [3.63, 3.8) is 0 Å². The second-order valence-corrected chi connectivity index (χ2v) is 2.46. The first kappa shape index (κ1) is 8.27. The van der Waals surface area contributed by atoms with Gasteiger partial charge in [0.25, 0.3) is 0 Å². The highest BCUT2D eigenvalue weighted by molar-refractivity contribution is 4.91. The van der Waals surface area contributed by atoms with Crippen LogP contribution in [0.15, 0.2) is 12.4 Å². The van der Waals surface area contributed by atoms with Gasteiger partial charge in [0.2, 0.25) is 0 Å². The van der Waals surface area contributed by atoms with E-state index in [1.54, 1.807) is 6.20 Å². The van der Waals surface area contributed by atoms with Crippen LogP contribution in [0.5, 0.6) is 0 Å². The molecule has 0 radical (unpaired) electrons. The lowest BCUT2D eigenvalue weighted by molar-refractivity contribution is 0.287. The summed E-state index contributed by atoms with van der Waals surface area (Å²) in [5.41, 5.74) is 0. The third kappa shape index (κ3) is 2.05. The van der Waals surface area contributed by atoms with Crippen molar-refractivity contribution in [3.05, 3.63) is 18.2 Å². The summed E-state index contributed by atoms with van der Waals surface area (Å²) in [6, 6.07) is 0. The Balaban J connectivity index is 2.54. The minimum Gasteiger partial charge on any atom is -0.396 e. The summed E-state index contributed by atoms with van der Waals surface area (Å²) < 4.78 is 2.09. The first-order valence-electron chi connectivity index (χ1n) is 3.99. The van der Waals surface area contributed by atoms with Gasteiger partial charge in [0.05, 0.1) is 0 Å². The van der Waals surface area contributed by atoms with Gasteiger partial charge in [-0.2, -0.15) is 0 Å². The predicted octanol–water partition coefficient (Wildman–Crippen LogP) is 0.828. The van der Waals surface area contributed by atoms with E-state index in [9.17, 15) is 0 Å². The van der Waals surface area contributed by atoms with E-state index >= 15 is 0 Å². The molecule has 1 heterocycles. The quantitative estimate of drug-likeness (QED) is 0.697. The van der Waals surface area contributed by atoms with Crippen LogP contribution < -0.4 is 0 Å². The Labute approximate surface area is 66.7 Å². The first-order valence-corrected chi connectivity index (χ1v) is 3.99. The van der Waals surface area contributed by atoms with Gasteiger partial charge >= 0.3 is 0 Å². The van der Waals surface area contributed by atoms with Crippen molar-refractivity contribution in [1.82, 2.24) is 9.55 Å². The molecular formula is C8H14N2O. The van der Waals surface area contributed by atoms with E-state index in [-0.39, 0.29) is 6.61 Å². The summed E-state index contributed by atoms with van der Waals surface area (Å²) in [6.07, 6.45) is 5.44. The van der Waals surface area contributed by atoms with Crippen LogP contribution >= 0.6 is 0 Å². The predicted molar refractivity (Wildman–Crippen MR) is 43.3 cm³/mol. The lowest BCUT2D eigenvalue weighted by Crippen LogP contribution is -2.01. The van der Waals surface area contributed by atoms with Gasteiger partial charge in [-0.25, -0.2) is 4.98 Å². The SMILES string of the molecule is CCn1ccnc1CCCO. The summed E-state index contributed by atoms with van der Waals surface area (Å²) in [5.74, 6) is 1.07. The van der Waals surface area contributed by atoms with E-state index in [0.717, 1.165) is 25.2 Å². The van der Waals surface area contributed by atoms with E-state index in [1.807, 2.05) is 6.20 Å². The van der Waals surface area contributed by atoms with Gasteiger partial charge in [0.1, 0.15) is 5.82 Å². The number of hydrogen-bond donors (Lipinski definition) is 1. The molecule has 0 amide bonds. The Morgan fingerprint density at radius 2 is 2.45 bits per heavy atom. The van der Waals surface area contributed by atoms with Crippen molar-refractivity contribution < 1.29 is 5.11 Å². The molecule has 0 aromatic carbocycles. The maximum absolute atomic E-state index is 8.59. The molecule has 1 N–H and O–H groups in total. The van der Waals surface area contributed by atoms with Crippen LogP contribution in [-0.2, 0) is 13.0 Å². The largest absolute Gasteiger partial charge is 0.396 e. The number of hydrogen-bond acceptors (Lipinski definition) is 2. The number of imidazole rings is 1. The molecule has 11 heavy (non-hydrogen) atoms. The molecule has 0 unspecified atom stereocenters. The van der Waals surface area contributed by atoms with Gasteiger partial charge < -0.3 is 9.67 Å². The van der Waals surface area contributed by atoms with E-state index < -0.39 is 0 Å². The lowest BCUT2D eigenvalue weighted by atomic mass is 10.3. The zero-order valence-electron chi connectivity index (χ0n) is 6.82. The molecular weight excluding hydrogens is 140 g/mol. The highest BCUT2D eigenvalue weighted by Gasteiger charge is 1.98. The van der Waals surface area contributed by atoms with Gasteiger partial charge in [-0.15, -0.1) is 0 Å². The van der Waals surface area contributed by atoms with Crippen molar-refractivity contribution >= 4 is 0 Å². The van der Waals surface area contributed by atoms with Crippen LogP contribution in [0.3, 0.4) is 0 Å². The number of nitrogens with zero attached hydrogens (tertiary/aromatic N) is 2. The Bertz CT molecular complexity index is 208. The van der Waals surface area contributed by atoms with E-state index in [1.165, 1.54) is 0 Å². The molecule has 0 aliphatic rings. The lowest BCUT2D eigenvalue weighted by Gasteiger charge is -2.02. The molecule has 1 aromatic rings. The maximum Gasteiger partial charge on any atom is 0.108 e. The average Bonchev–Trinajstić information content (AvgIpc) is 2.47. The molecule has 0 bridgehead atoms. The Morgan fingerprint density at radius 3 is 3.09 bits per heavy atom. The van der Waals surface area contributed by atoms with Gasteiger partial charge in [-0.1, -0.05) is 0 Å². The Hall–Kier alpha value is -0.830. The monoisotopic (exact) mass is 154 g/mol. The van der Waals surface area contributed by atoms with Crippen molar-refractivity contribution in [2.45, 2.75) is 26.3 Å². The van der Waals surface area contributed by atoms with E-state index in [2.05, 4.69) is 16.5 Å². The van der Waals surface area contributed by atoms with Crippen molar-refractivity contribution in [2.24, 2.45) is 0 Å². The van der Waals surface area contributed by atoms with Crippen molar-refractivity contribution in [2.75, 3.05) is 6.61 Å². The molecule has 1 aromatic heterocycles. The smallest absolute Gasteiger partial charge is 0.108 e. The standard InChI is InChI=1S/C8H14N2O/c1-2-10-6-5-9-8(10)4-3-7-11/h5-6,11H,2-4,7H2,1H3. The molecule has 62 valence electrons. The molecule has 0 saturated carbocycles. The molecule has 0 spiro atoms. The van der Waals surface area contributed by atoms with Gasteiger partial charge in [-0.05, 0) is 13.3 Å². The third-order valence-corrected chi connectivity index (χ3v) is 1.70. The molecule has 1 rings (SSSR count). The number of rotatable bonds is 4. The third-order valence-electron chi connectivity index (χ3n) is 1.70. The topological polar surface area (TPSA) is 38.0 Å². The number of aromatic nitrogens is 2. The fraction of sp³-hybridized carbons (Fsp3) is 0.625. The molecule has 0 atom stereocenters. The molecule has 0 aliphatic heterocycles. The molecule has 3 nitrogen and oxygen atoms in total. The molecule has 0 fully saturated rings. The highest BCUT2D eigenvalue weighted by atomic mass is 16.2. The van der Waals surface area contributed by atoms with E-state index in [4.69, 9.17) is 5.11 Å². The van der Waals surface area contributed by atoms with Crippen LogP contribution in [0.1, 0.15) is 19.2 Å². The van der Waals surface area contributed by atoms with Gasteiger partial charge in [0, 0.05) is 32.0 Å². The minimum atomic E-state index is 0.247. The maximum atomic E-state index is 8.59. The zero-order valence-corrected chi connectivity index (χ0v) is 6.82. The fourth-order valence-corrected chi connectivity index (χ4v) is 1.09. The van der Waals surface area contributed by atoms with Crippen molar-refractivity contribution in [1.29, 1.82) is 0 Å².